The van der Waals surface area contributed by atoms with Crippen molar-refractivity contribution < 1.29 is 15.0 Å². The minimum atomic E-state index is -0.902. The van der Waals surface area contributed by atoms with E-state index in [4.69, 9.17) is 5.11 Å². The van der Waals surface area contributed by atoms with E-state index in [0.717, 1.165) is 22.5 Å². The van der Waals surface area contributed by atoms with Crippen molar-refractivity contribution in [3.05, 3.63) is 59.7 Å². The van der Waals surface area contributed by atoms with Crippen molar-refractivity contribution in [1.82, 2.24) is 0 Å². The van der Waals surface area contributed by atoms with Crippen molar-refractivity contribution in [3.63, 3.8) is 0 Å². The Bertz CT molecular complexity index is 591. The van der Waals surface area contributed by atoms with Crippen LogP contribution < -0.4 is 4.90 Å². The largest absolute Gasteiger partial charge is 0.480 e. The Morgan fingerprint density at radius 2 is 1.47 bits per heavy atom. The van der Waals surface area contributed by atoms with Gasteiger partial charge in [0.25, 0.3) is 0 Å². The van der Waals surface area contributed by atoms with Gasteiger partial charge in [0, 0.05) is 22.5 Å². The van der Waals surface area contributed by atoms with E-state index in [1.165, 1.54) is 0 Å². The molecule has 4 nitrogen and oxygen atoms in total. The topological polar surface area (TPSA) is 60.8 Å². The normalized spacial score (nSPS) is 13.8. The Labute approximate surface area is 110 Å². The first kappa shape index (κ1) is 11.7. The van der Waals surface area contributed by atoms with Crippen LogP contribution in [0.3, 0.4) is 0 Å². The van der Waals surface area contributed by atoms with Crippen LogP contribution in [0.15, 0.2) is 48.5 Å². The van der Waals surface area contributed by atoms with Crippen molar-refractivity contribution in [2.24, 2.45) is 0 Å². The average molecular weight is 255 g/mol. The Morgan fingerprint density at radius 3 is 1.95 bits per heavy atom. The fraction of sp³-hybridized carbons (Fsp3) is 0.133. The van der Waals surface area contributed by atoms with Crippen LogP contribution in [0.5, 0.6) is 0 Å². The molecule has 0 saturated heterocycles. The second kappa shape index (κ2) is 4.40. The summed E-state index contributed by atoms with van der Waals surface area (Å²) in [7, 11) is 0. The molecule has 96 valence electrons. The number of carboxylic acids is 1. The molecule has 0 atom stereocenters. The van der Waals surface area contributed by atoms with Gasteiger partial charge in [-0.3, -0.25) is 4.79 Å². The van der Waals surface area contributed by atoms with E-state index >= 15 is 0 Å². The highest BCUT2D eigenvalue weighted by atomic mass is 16.4. The van der Waals surface area contributed by atoms with Crippen LogP contribution in [-0.2, 0) is 4.79 Å². The summed E-state index contributed by atoms with van der Waals surface area (Å²) in [6.07, 6.45) is -0.711. The number of hydrogen-bond donors (Lipinski definition) is 2. The molecule has 0 saturated carbocycles. The SMILES string of the molecule is O=C(O)CN1c2ccccc2C(O)c2ccccc21. The van der Waals surface area contributed by atoms with Gasteiger partial charge in [-0.15, -0.1) is 0 Å². The third-order valence-corrected chi connectivity index (χ3v) is 3.34. The first-order chi connectivity index (χ1) is 9.18. The number of hydrogen-bond acceptors (Lipinski definition) is 3. The fourth-order valence-corrected chi connectivity index (χ4v) is 2.53. The maximum Gasteiger partial charge on any atom is 0.323 e. The van der Waals surface area contributed by atoms with Gasteiger partial charge in [0.2, 0.25) is 0 Å². The number of rotatable bonds is 2. The molecular formula is C15H13NO3. The highest BCUT2D eigenvalue weighted by molar-refractivity contribution is 5.83. The lowest BCUT2D eigenvalue weighted by Crippen LogP contribution is -2.30. The monoisotopic (exact) mass is 255 g/mol. The van der Waals surface area contributed by atoms with Gasteiger partial charge >= 0.3 is 5.97 Å². The molecule has 0 spiro atoms. The van der Waals surface area contributed by atoms with Crippen LogP contribution in [0, 0.1) is 0 Å². The van der Waals surface area contributed by atoms with E-state index in [1.807, 2.05) is 48.5 Å². The first-order valence-electron chi connectivity index (χ1n) is 6.03. The summed E-state index contributed by atoms with van der Waals surface area (Å²) >= 11 is 0. The molecule has 1 heterocycles. The molecular weight excluding hydrogens is 242 g/mol. The quantitative estimate of drug-likeness (QED) is 0.864. The number of benzene rings is 2. The Balaban J connectivity index is 2.20. The molecule has 19 heavy (non-hydrogen) atoms. The van der Waals surface area contributed by atoms with Gasteiger partial charge in [0.1, 0.15) is 12.6 Å². The van der Waals surface area contributed by atoms with E-state index in [2.05, 4.69) is 0 Å². The lowest BCUT2D eigenvalue weighted by atomic mass is 9.93. The van der Waals surface area contributed by atoms with Crippen LogP contribution in [0.4, 0.5) is 11.4 Å². The molecule has 0 radical (unpaired) electrons. The summed E-state index contributed by atoms with van der Waals surface area (Å²) in [5.74, 6) is -0.902. The molecule has 2 aromatic rings. The number of aliphatic hydroxyl groups is 1. The molecule has 4 heteroatoms. The second-order valence-corrected chi connectivity index (χ2v) is 4.50. The third kappa shape index (κ3) is 1.86. The van der Waals surface area contributed by atoms with Gasteiger partial charge in [0.05, 0.1) is 0 Å². The minimum Gasteiger partial charge on any atom is -0.480 e. The minimum absolute atomic E-state index is 0.124. The number of fused-ring (bicyclic) bond motifs is 2. The molecule has 2 N–H and O–H groups in total. The molecule has 0 aliphatic carbocycles. The van der Waals surface area contributed by atoms with Crippen molar-refractivity contribution in [1.29, 1.82) is 0 Å². The Kier molecular flexibility index (Phi) is 2.72. The smallest absolute Gasteiger partial charge is 0.323 e. The van der Waals surface area contributed by atoms with Gasteiger partial charge in [-0.05, 0) is 12.1 Å². The van der Waals surface area contributed by atoms with Gasteiger partial charge < -0.3 is 15.1 Å². The Morgan fingerprint density at radius 1 is 1.00 bits per heavy atom. The van der Waals surface area contributed by atoms with Crippen LogP contribution in [0.25, 0.3) is 0 Å². The van der Waals surface area contributed by atoms with Crippen LogP contribution in [0.1, 0.15) is 17.2 Å². The maximum atomic E-state index is 11.1. The first-order valence-corrected chi connectivity index (χ1v) is 6.03. The fourth-order valence-electron chi connectivity index (χ4n) is 2.53. The van der Waals surface area contributed by atoms with E-state index in [1.54, 1.807) is 4.90 Å². The van der Waals surface area contributed by atoms with Gasteiger partial charge in [-0.1, -0.05) is 36.4 Å². The molecule has 0 aromatic heterocycles. The van der Waals surface area contributed by atoms with Crippen LogP contribution >= 0.6 is 0 Å². The van der Waals surface area contributed by atoms with Gasteiger partial charge in [-0.2, -0.15) is 0 Å². The lowest BCUT2D eigenvalue weighted by molar-refractivity contribution is -0.135. The van der Waals surface area contributed by atoms with E-state index in [0.29, 0.717) is 0 Å². The van der Waals surface area contributed by atoms with Crippen LogP contribution in [-0.4, -0.2) is 22.7 Å². The van der Waals surface area contributed by atoms with Gasteiger partial charge in [-0.25, -0.2) is 0 Å². The highest BCUT2D eigenvalue weighted by Gasteiger charge is 2.29. The number of nitrogens with zero attached hydrogens (tertiary/aromatic N) is 1. The van der Waals surface area contributed by atoms with E-state index < -0.39 is 12.1 Å². The van der Waals surface area contributed by atoms with E-state index in [9.17, 15) is 9.90 Å². The number of para-hydroxylation sites is 2. The summed E-state index contributed by atoms with van der Waals surface area (Å²) in [6, 6.07) is 14.7. The molecule has 1 aliphatic heterocycles. The average Bonchev–Trinajstić information content (AvgIpc) is 2.43. The van der Waals surface area contributed by atoms with Crippen molar-refractivity contribution in [3.8, 4) is 0 Å². The number of carbonyl (C=O) groups is 1. The second-order valence-electron chi connectivity index (χ2n) is 4.50. The predicted molar refractivity (Wildman–Crippen MR) is 71.6 cm³/mol. The Hall–Kier alpha value is -2.33. The number of anilines is 2. The summed E-state index contributed by atoms with van der Waals surface area (Å²) in [5, 5.41) is 19.5. The molecule has 1 aliphatic rings. The van der Waals surface area contributed by atoms with Crippen LogP contribution in [0.2, 0.25) is 0 Å². The summed E-state index contributed by atoms with van der Waals surface area (Å²) in [6.45, 7) is -0.124. The van der Waals surface area contributed by atoms with Crippen molar-refractivity contribution in [2.75, 3.05) is 11.4 Å². The van der Waals surface area contributed by atoms with E-state index in [-0.39, 0.29) is 6.54 Å². The molecule has 0 bridgehead atoms. The number of carboxylic acid groups (broad SMARTS) is 1. The standard InChI is InChI=1S/C15H13NO3/c17-14(18)9-16-12-7-3-1-5-10(12)15(19)11-6-2-4-8-13(11)16/h1-8,15,19H,9H2,(H,17,18). The summed E-state index contributed by atoms with van der Waals surface area (Å²) in [5.41, 5.74) is 2.97. The maximum absolute atomic E-state index is 11.1. The molecule has 0 unspecified atom stereocenters. The molecule has 3 rings (SSSR count). The zero-order valence-corrected chi connectivity index (χ0v) is 10.2. The van der Waals surface area contributed by atoms with Crippen molar-refractivity contribution in [2.45, 2.75) is 6.10 Å². The summed E-state index contributed by atoms with van der Waals surface area (Å²) in [4.78, 5) is 12.8. The van der Waals surface area contributed by atoms with Gasteiger partial charge in [0.15, 0.2) is 0 Å². The predicted octanol–water partition coefficient (Wildman–Crippen LogP) is 2.30. The zero-order valence-electron chi connectivity index (χ0n) is 10.2. The number of aliphatic hydroxyl groups excluding tert-OH is 1. The molecule has 0 amide bonds. The molecule has 2 aromatic carbocycles. The third-order valence-electron chi connectivity index (χ3n) is 3.34. The molecule has 0 fully saturated rings. The highest BCUT2D eigenvalue weighted by Crippen LogP contribution is 2.43. The summed E-state index contributed by atoms with van der Waals surface area (Å²) < 4.78 is 0. The zero-order chi connectivity index (χ0) is 13.4. The number of aliphatic carboxylic acids is 1. The van der Waals surface area contributed by atoms with Crippen molar-refractivity contribution >= 4 is 17.3 Å². The lowest BCUT2D eigenvalue weighted by Gasteiger charge is -2.34.